The quantitative estimate of drug-likeness (QED) is 0.434. The molecule has 0 amide bonds. The Balaban J connectivity index is 0.000000490. The van der Waals surface area contributed by atoms with Gasteiger partial charge in [0, 0.05) is 22.7 Å². The molecule has 0 aromatic rings. The molecule has 0 aliphatic carbocycles. The Bertz CT molecular complexity index is 111. The second-order valence-electron chi connectivity index (χ2n) is 1.39. The minimum absolute atomic E-state index is 0. The summed E-state index contributed by atoms with van der Waals surface area (Å²) in [6.45, 7) is 0. The first-order valence-electron chi connectivity index (χ1n) is 2.18. The normalized spacial score (nSPS) is 24.9. The van der Waals surface area contributed by atoms with Crippen molar-refractivity contribution in [3.05, 3.63) is 24.0 Å². The van der Waals surface area contributed by atoms with Crippen LogP contribution >= 0.6 is 8.15 Å². The van der Waals surface area contributed by atoms with E-state index in [9.17, 15) is 0 Å². The van der Waals surface area contributed by atoms with Gasteiger partial charge in [0.1, 0.15) is 0 Å². The Morgan fingerprint density at radius 1 is 1.38 bits per heavy atom. The molecular weight excluding hydrogens is 166 g/mol. The molecule has 1 unspecified atom stereocenters. The van der Waals surface area contributed by atoms with Crippen molar-refractivity contribution >= 4 is 8.15 Å². The molecule has 8 heavy (non-hydrogen) atoms. The molecule has 3 heteroatoms. The summed E-state index contributed by atoms with van der Waals surface area (Å²) >= 11 is 0. The maximum atomic E-state index is 8.84. The molecule has 1 nitrogen and oxygen atoms in total. The van der Waals surface area contributed by atoms with Gasteiger partial charge in [-0.3, -0.25) is 0 Å². The Kier molecular flexibility index (Phi) is 4.46. The zero-order valence-corrected chi connectivity index (χ0v) is 6.11. The molecule has 1 aliphatic heterocycles. The van der Waals surface area contributed by atoms with E-state index in [1.165, 1.54) is 0 Å². The van der Waals surface area contributed by atoms with Crippen molar-refractivity contribution in [2.75, 3.05) is 6.16 Å². The summed E-state index contributed by atoms with van der Waals surface area (Å²) in [6.07, 6.45) is 6.65. The second-order valence-corrected chi connectivity index (χ2v) is 2.93. The Morgan fingerprint density at radius 3 is 2.38 bits per heavy atom. The fourth-order valence-electron chi connectivity index (χ4n) is 0.457. The summed E-state index contributed by atoms with van der Waals surface area (Å²) in [6, 6.07) is 0. The molecule has 0 saturated carbocycles. The first-order chi connectivity index (χ1) is 3.39. The molecule has 0 bridgehead atoms. The van der Waals surface area contributed by atoms with Crippen LogP contribution in [0.5, 0.6) is 0 Å². The average molecular weight is 173 g/mol. The Labute approximate surface area is 60.2 Å². The molecule has 0 fully saturated rings. The van der Waals surface area contributed by atoms with E-state index in [1.54, 1.807) is 0 Å². The minimum atomic E-state index is -0.759. The van der Waals surface area contributed by atoms with E-state index in [0.717, 1.165) is 6.16 Å². The van der Waals surface area contributed by atoms with Gasteiger partial charge in [-0.2, -0.15) is 0 Å². The summed E-state index contributed by atoms with van der Waals surface area (Å²) in [4.78, 5) is 8.84. The van der Waals surface area contributed by atoms with E-state index >= 15 is 0 Å². The third kappa shape index (κ3) is 2.62. The number of rotatable bonds is 0. The van der Waals surface area contributed by atoms with Crippen molar-refractivity contribution in [3.63, 3.8) is 0 Å². The Hall–Kier alpha value is 0.364. The third-order valence-electron chi connectivity index (χ3n) is 0.798. The molecule has 0 aromatic carbocycles. The summed E-state index contributed by atoms with van der Waals surface area (Å²) < 4.78 is 0. The van der Waals surface area contributed by atoms with Crippen LogP contribution < -0.4 is 0 Å². The summed E-state index contributed by atoms with van der Waals surface area (Å²) in [5, 5.41) is 0. The topological polar surface area (TPSA) is 20.2 Å². The molecule has 48 valence electrons. The van der Waals surface area contributed by atoms with Crippen LogP contribution in [0.15, 0.2) is 24.0 Å². The molecular formula is C5H7NiOP. The van der Waals surface area contributed by atoms with Crippen molar-refractivity contribution in [1.29, 1.82) is 0 Å². The molecule has 1 atom stereocenters. The first-order valence-corrected chi connectivity index (χ1v) is 3.73. The monoisotopic (exact) mass is 172 g/mol. The molecule has 0 radical (unpaired) electrons. The smallest absolute Gasteiger partial charge is 0.0528 e. The first kappa shape index (κ1) is 8.36. The number of hydrogen-bond donors (Lipinski definition) is 1. The largest absolute Gasteiger partial charge is 0.369 e. The van der Waals surface area contributed by atoms with E-state index in [4.69, 9.17) is 4.89 Å². The van der Waals surface area contributed by atoms with E-state index in [-0.39, 0.29) is 16.5 Å². The predicted molar refractivity (Wildman–Crippen MR) is 32.3 cm³/mol. The molecule has 1 heterocycles. The van der Waals surface area contributed by atoms with Gasteiger partial charge in [0.05, 0.1) is 8.15 Å². The summed E-state index contributed by atoms with van der Waals surface area (Å²) in [5.41, 5.74) is 0. The van der Waals surface area contributed by atoms with E-state index in [1.807, 2.05) is 24.0 Å². The second kappa shape index (κ2) is 4.26. The Morgan fingerprint density at radius 2 is 2.12 bits per heavy atom. The zero-order valence-electron chi connectivity index (χ0n) is 4.23. The SMILES string of the molecule is OP1C=CC=CC1.[Ni]. The number of hydrogen-bond acceptors (Lipinski definition) is 1. The molecule has 1 rings (SSSR count). The van der Waals surface area contributed by atoms with Gasteiger partial charge in [0.15, 0.2) is 0 Å². The van der Waals surface area contributed by atoms with Crippen LogP contribution in [0.3, 0.4) is 0 Å². The van der Waals surface area contributed by atoms with Crippen LogP contribution in [-0.4, -0.2) is 11.1 Å². The van der Waals surface area contributed by atoms with Gasteiger partial charge in [-0.05, 0) is 5.82 Å². The van der Waals surface area contributed by atoms with Gasteiger partial charge in [-0.25, -0.2) is 0 Å². The fourth-order valence-corrected chi connectivity index (χ4v) is 1.21. The van der Waals surface area contributed by atoms with Gasteiger partial charge in [0.2, 0.25) is 0 Å². The van der Waals surface area contributed by atoms with Crippen molar-refractivity contribution in [1.82, 2.24) is 0 Å². The third-order valence-corrected chi connectivity index (χ3v) is 1.90. The average Bonchev–Trinajstić information content (AvgIpc) is 1.69. The van der Waals surface area contributed by atoms with E-state index in [2.05, 4.69) is 0 Å². The van der Waals surface area contributed by atoms with Gasteiger partial charge in [-0.1, -0.05) is 18.2 Å². The van der Waals surface area contributed by atoms with Crippen LogP contribution in [0.25, 0.3) is 0 Å². The van der Waals surface area contributed by atoms with Crippen molar-refractivity contribution in [2.45, 2.75) is 0 Å². The zero-order chi connectivity index (χ0) is 5.11. The molecule has 0 aromatic heterocycles. The van der Waals surface area contributed by atoms with Crippen molar-refractivity contribution < 1.29 is 21.4 Å². The van der Waals surface area contributed by atoms with Crippen molar-refractivity contribution in [3.8, 4) is 0 Å². The van der Waals surface area contributed by atoms with Gasteiger partial charge >= 0.3 is 0 Å². The van der Waals surface area contributed by atoms with Crippen LogP contribution in [0.2, 0.25) is 0 Å². The summed E-state index contributed by atoms with van der Waals surface area (Å²) in [7, 11) is -0.759. The van der Waals surface area contributed by atoms with Crippen LogP contribution in [0.4, 0.5) is 0 Å². The maximum absolute atomic E-state index is 8.84. The van der Waals surface area contributed by atoms with Gasteiger partial charge in [0.25, 0.3) is 0 Å². The van der Waals surface area contributed by atoms with Crippen LogP contribution in [-0.2, 0) is 16.5 Å². The van der Waals surface area contributed by atoms with Crippen LogP contribution in [0, 0.1) is 0 Å². The van der Waals surface area contributed by atoms with Gasteiger partial charge < -0.3 is 4.89 Å². The standard InChI is InChI=1S/C5H7OP.Ni/c6-7-4-2-1-3-5-7;/h1-4,6H,5H2;. The van der Waals surface area contributed by atoms with Gasteiger partial charge in [-0.15, -0.1) is 0 Å². The summed E-state index contributed by atoms with van der Waals surface area (Å²) in [5.74, 6) is 1.84. The van der Waals surface area contributed by atoms with E-state index in [0.29, 0.717) is 0 Å². The van der Waals surface area contributed by atoms with E-state index < -0.39 is 8.15 Å². The number of allylic oxidation sites excluding steroid dienone is 3. The maximum Gasteiger partial charge on any atom is 0.0528 e. The predicted octanol–water partition coefficient (Wildman–Crippen LogP) is 1.46. The molecule has 0 saturated heterocycles. The fraction of sp³-hybridized carbons (Fsp3) is 0.200. The van der Waals surface area contributed by atoms with Crippen molar-refractivity contribution in [2.24, 2.45) is 0 Å². The molecule has 1 N–H and O–H groups in total. The molecule has 0 spiro atoms. The van der Waals surface area contributed by atoms with Crippen LogP contribution in [0.1, 0.15) is 0 Å². The molecule has 1 aliphatic rings. The minimum Gasteiger partial charge on any atom is -0.369 e.